The molecule has 140 valence electrons. The summed E-state index contributed by atoms with van der Waals surface area (Å²) in [5.74, 6) is 0. The van der Waals surface area contributed by atoms with Crippen molar-refractivity contribution in [1.29, 1.82) is 0 Å². The molecule has 0 aliphatic heterocycles. The van der Waals surface area contributed by atoms with Gasteiger partial charge in [0.25, 0.3) is 0 Å². The van der Waals surface area contributed by atoms with Gasteiger partial charge in [0.05, 0.1) is 0 Å². The van der Waals surface area contributed by atoms with Crippen LogP contribution in [0.5, 0.6) is 0 Å². The first kappa shape index (κ1) is 22.6. The van der Waals surface area contributed by atoms with Crippen LogP contribution in [-0.4, -0.2) is 19.0 Å². The molecule has 0 aliphatic carbocycles. The van der Waals surface area contributed by atoms with E-state index in [0.717, 1.165) is 11.1 Å². The van der Waals surface area contributed by atoms with Crippen molar-refractivity contribution in [2.75, 3.05) is 0 Å². The fraction of sp³-hybridized carbons (Fsp3) is 0.105. The third-order valence-corrected chi connectivity index (χ3v) is 4.69. The van der Waals surface area contributed by atoms with Gasteiger partial charge in [-0.2, -0.15) is 18.3 Å². The molecule has 2 aromatic carbocycles. The van der Waals surface area contributed by atoms with Gasteiger partial charge in [0.2, 0.25) is 0 Å². The van der Waals surface area contributed by atoms with Crippen molar-refractivity contribution in [2.45, 2.75) is 18.0 Å². The van der Waals surface area contributed by atoms with Crippen LogP contribution in [0.2, 0.25) is 0 Å². The van der Waals surface area contributed by atoms with E-state index >= 15 is 0 Å². The summed E-state index contributed by atoms with van der Waals surface area (Å²) in [5.41, 5.74) is 1.37. The Hall–Kier alpha value is -1.71. The van der Waals surface area contributed by atoms with E-state index < -0.39 is 23.0 Å². The number of aromatic nitrogens is 2. The topological polar surface area (TPSA) is 68.8 Å². The van der Waals surface area contributed by atoms with Gasteiger partial charge in [0.1, 0.15) is 11.4 Å². The molecular formula is C19H14F3N2NaO2S. The number of hydrogen-bond donors (Lipinski definition) is 1. The van der Waals surface area contributed by atoms with E-state index in [0.29, 0.717) is 11.1 Å². The standard InChI is InChI=1S/C19H15F3N2O2S.Na/c1-11(2)12-3-5-13(6-4-12)16-17(23-24-18(16)19(20,21)22)14-7-9-15(10-8-14)27(25)26;/h3-10H,1H2,2H3,(H,23,24)(H,25,26);/q;+1/p-1. The number of rotatable bonds is 4. The third-order valence-electron chi connectivity index (χ3n) is 4.04. The molecule has 3 aromatic rings. The Labute approximate surface area is 184 Å². The summed E-state index contributed by atoms with van der Waals surface area (Å²) in [7, 11) is 0. The number of nitrogens with zero attached hydrogens (tertiary/aromatic N) is 1. The Morgan fingerprint density at radius 2 is 1.61 bits per heavy atom. The maximum absolute atomic E-state index is 13.5. The second-order valence-electron chi connectivity index (χ2n) is 5.94. The Balaban J connectivity index is 0.00000280. The predicted molar refractivity (Wildman–Crippen MR) is 96.4 cm³/mol. The fourth-order valence-corrected chi connectivity index (χ4v) is 3.04. The van der Waals surface area contributed by atoms with E-state index in [4.69, 9.17) is 0 Å². The van der Waals surface area contributed by atoms with Crippen LogP contribution in [0.25, 0.3) is 28.0 Å². The van der Waals surface area contributed by atoms with Crippen molar-refractivity contribution < 1.29 is 51.5 Å². The SMILES string of the molecule is C=C(C)c1ccc(-c2c(-c3ccc(S(=O)[O-])cc3)n[nH]c2C(F)(F)F)cc1.[Na+]. The molecule has 4 nitrogen and oxygen atoms in total. The molecule has 3 rings (SSSR count). The van der Waals surface area contributed by atoms with Crippen LogP contribution in [0.4, 0.5) is 13.2 Å². The molecule has 0 saturated carbocycles. The van der Waals surface area contributed by atoms with Gasteiger partial charge in [-0.05, 0) is 41.3 Å². The second kappa shape index (κ2) is 8.75. The van der Waals surface area contributed by atoms with Gasteiger partial charge in [0.15, 0.2) is 0 Å². The first-order valence-corrected chi connectivity index (χ1v) is 8.87. The molecule has 1 heterocycles. The summed E-state index contributed by atoms with van der Waals surface area (Å²) >= 11 is -2.42. The molecule has 1 atom stereocenters. The predicted octanol–water partition coefficient (Wildman–Crippen LogP) is 2.04. The molecular weight excluding hydrogens is 400 g/mol. The number of allylic oxidation sites excluding steroid dienone is 1. The Morgan fingerprint density at radius 3 is 2.07 bits per heavy atom. The van der Waals surface area contributed by atoms with Crippen LogP contribution < -0.4 is 29.6 Å². The minimum atomic E-state index is -4.62. The third kappa shape index (κ3) is 4.64. The molecule has 28 heavy (non-hydrogen) atoms. The van der Waals surface area contributed by atoms with Gasteiger partial charge < -0.3 is 4.55 Å². The van der Waals surface area contributed by atoms with Gasteiger partial charge in [-0.15, -0.1) is 0 Å². The number of alkyl halides is 3. The maximum Gasteiger partial charge on any atom is 1.00 e. The number of nitrogens with one attached hydrogen (secondary N) is 1. The zero-order valence-corrected chi connectivity index (χ0v) is 17.9. The molecule has 0 amide bonds. The van der Waals surface area contributed by atoms with Gasteiger partial charge in [-0.25, -0.2) is 0 Å². The molecule has 1 N–H and O–H groups in total. The maximum atomic E-state index is 13.5. The van der Waals surface area contributed by atoms with Crippen LogP contribution in [0.3, 0.4) is 0 Å². The number of hydrogen-bond acceptors (Lipinski definition) is 3. The van der Waals surface area contributed by atoms with Crippen molar-refractivity contribution in [3.8, 4) is 22.4 Å². The van der Waals surface area contributed by atoms with Gasteiger partial charge in [-0.1, -0.05) is 48.6 Å². The van der Waals surface area contributed by atoms with Crippen molar-refractivity contribution in [1.82, 2.24) is 10.2 Å². The summed E-state index contributed by atoms with van der Waals surface area (Å²) in [6.07, 6.45) is -4.62. The van der Waals surface area contributed by atoms with E-state index in [2.05, 4.69) is 16.8 Å². The zero-order chi connectivity index (χ0) is 19.8. The minimum absolute atomic E-state index is 0. The van der Waals surface area contributed by atoms with E-state index in [-0.39, 0.29) is 45.7 Å². The van der Waals surface area contributed by atoms with Gasteiger partial charge >= 0.3 is 35.7 Å². The summed E-state index contributed by atoms with van der Waals surface area (Å²) < 4.78 is 62.4. The van der Waals surface area contributed by atoms with Crippen molar-refractivity contribution >= 4 is 16.7 Å². The largest absolute Gasteiger partial charge is 1.00 e. The summed E-state index contributed by atoms with van der Waals surface area (Å²) in [6, 6.07) is 12.0. The number of halogens is 3. The first-order chi connectivity index (χ1) is 12.7. The van der Waals surface area contributed by atoms with Crippen molar-refractivity contribution in [2.24, 2.45) is 0 Å². The van der Waals surface area contributed by atoms with E-state index in [1.54, 1.807) is 31.2 Å². The van der Waals surface area contributed by atoms with Crippen LogP contribution in [-0.2, 0) is 17.3 Å². The van der Waals surface area contributed by atoms with Crippen molar-refractivity contribution in [3.63, 3.8) is 0 Å². The summed E-state index contributed by atoms with van der Waals surface area (Å²) in [5, 5.41) is 5.92. The van der Waals surface area contributed by atoms with E-state index in [1.807, 2.05) is 0 Å². The molecule has 0 aliphatic rings. The molecule has 0 bridgehead atoms. The summed E-state index contributed by atoms with van der Waals surface area (Å²) in [6.45, 7) is 5.62. The summed E-state index contributed by atoms with van der Waals surface area (Å²) in [4.78, 5) is 0.0395. The quantitative estimate of drug-likeness (QED) is 0.525. The Morgan fingerprint density at radius 1 is 1.07 bits per heavy atom. The van der Waals surface area contributed by atoms with Crippen LogP contribution >= 0.6 is 0 Å². The molecule has 9 heteroatoms. The van der Waals surface area contributed by atoms with Gasteiger partial charge in [-0.3, -0.25) is 9.31 Å². The van der Waals surface area contributed by atoms with Crippen LogP contribution in [0, 0.1) is 0 Å². The normalized spacial score (nSPS) is 12.3. The molecule has 0 spiro atoms. The molecule has 0 fully saturated rings. The van der Waals surface area contributed by atoms with E-state index in [1.165, 1.54) is 24.3 Å². The first-order valence-electron chi connectivity index (χ1n) is 7.80. The molecule has 1 aromatic heterocycles. The number of aromatic amines is 1. The van der Waals surface area contributed by atoms with Gasteiger partial charge in [0, 0.05) is 16.0 Å². The minimum Gasteiger partial charge on any atom is -0.768 e. The van der Waals surface area contributed by atoms with Crippen LogP contribution in [0.1, 0.15) is 18.2 Å². The Bertz CT molecular complexity index is 1010. The van der Waals surface area contributed by atoms with Crippen molar-refractivity contribution in [3.05, 3.63) is 66.4 Å². The monoisotopic (exact) mass is 414 g/mol. The molecule has 1 unspecified atom stereocenters. The van der Waals surface area contributed by atoms with Crippen LogP contribution in [0.15, 0.2) is 60.0 Å². The fourth-order valence-electron chi connectivity index (χ4n) is 2.68. The van der Waals surface area contributed by atoms with E-state index in [9.17, 15) is 21.9 Å². The average molecular weight is 414 g/mol. The number of H-pyrrole nitrogens is 1. The average Bonchev–Trinajstić information content (AvgIpc) is 3.07. The Kier molecular flexibility index (Phi) is 7.06. The molecule has 0 radical (unpaired) electrons. The number of benzene rings is 2. The smallest absolute Gasteiger partial charge is 0.768 e. The zero-order valence-electron chi connectivity index (χ0n) is 15.1. The molecule has 0 saturated heterocycles. The second-order valence-corrected chi connectivity index (χ2v) is 6.88.